The first-order valence-electron chi connectivity index (χ1n) is 7.82. The van der Waals surface area contributed by atoms with E-state index >= 15 is 0 Å². The molecule has 25 heavy (non-hydrogen) atoms. The largest absolute Gasteiger partial charge is 0.351 e. The number of sulfonamides is 1. The highest BCUT2D eigenvalue weighted by atomic mass is 32.2. The van der Waals surface area contributed by atoms with Gasteiger partial charge in [-0.3, -0.25) is 4.79 Å². The van der Waals surface area contributed by atoms with Gasteiger partial charge >= 0.3 is 0 Å². The predicted octanol–water partition coefficient (Wildman–Crippen LogP) is 2.61. The van der Waals surface area contributed by atoms with Crippen molar-refractivity contribution in [3.63, 3.8) is 0 Å². The van der Waals surface area contributed by atoms with E-state index in [1.807, 2.05) is 0 Å². The van der Waals surface area contributed by atoms with Gasteiger partial charge < -0.3 is 5.32 Å². The molecule has 0 heterocycles. The Morgan fingerprint density at radius 3 is 2.44 bits per heavy atom. The Morgan fingerprint density at radius 2 is 1.80 bits per heavy atom. The Kier molecular flexibility index (Phi) is 6.64. The number of benzene rings is 2. The number of carbonyl (C=O) groups is 1. The summed E-state index contributed by atoms with van der Waals surface area (Å²) in [6, 6.07) is 12.7. The monoisotopic (exact) mass is 378 g/mol. The molecule has 0 fully saturated rings. The molecule has 0 spiro atoms. The van der Waals surface area contributed by atoms with Gasteiger partial charge in [0.15, 0.2) is 0 Å². The molecule has 0 aliphatic carbocycles. The van der Waals surface area contributed by atoms with Crippen molar-refractivity contribution < 1.29 is 13.2 Å². The molecular weight excluding hydrogens is 356 g/mol. The fourth-order valence-corrected chi connectivity index (χ4v) is 3.59. The lowest BCUT2D eigenvalue weighted by Crippen LogP contribution is -2.27. The molecule has 134 valence electrons. The van der Waals surface area contributed by atoms with Crippen LogP contribution in [0.1, 0.15) is 27.0 Å². The van der Waals surface area contributed by atoms with Gasteiger partial charge in [-0.05, 0) is 37.1 Å². The first-order valence-corrected chi connectivity index (χ1v) is 10.5. The van der Waals surface area contributed by atoms with Crippen LogP contribution in [0.2, 0.25) is 0 Å². The highest BCUT2D eigenvalue weighted by Gasteiger charge is 2.14. The molecule has 7 heteroatoms. The molecule has 0 bridgehead atoms. The smallest absolute Gasteiger partial charge is 0.251 e. The fourth-order valence-electron chi connectivity index (χ4n) is 2.23. The third-order valence-electron chi connectivity index (χ3n) is 3.70. The summed E-state index contributed by atoms with van der Waals surface area (Å²) in [4.78, 5) is 12.2. The third kappa shape index (κ3) is 5.88. The second-order valence-corrected chi connectivity index (χ2v) is 8.48. The van der Waals surface area contributed by atoms with Crippen LogP contribution in [0.5, 0.6) is 0 Å². The molecule has 0 aliphatic rings. The maximum absolute atomic E-state index is 12.3. The van der Waals surface area contributed by atoms with Crippen LogP contribution in [0.25, 0.3) is 0 Å². The number of amides is 1. The quantitative estimate of drug-likeness (QED) is 0.725. The number of aryl methyl sites for hydroxylation is 2. The highest BCUT2D eigenvalue weighted by Crippen LogP contribution is 2.15. The first-order chi connectivity index (χ1) is 11.8. The summed E-state index contributed by atoms with van der Waals surface area (Å²) in [7, 11) is -3.82. The Bertz CT molecular complexity index is 847. The van der Waals surface area contributed by atoms with Gasteiger partial charge in [-0.25, -0.2) is 13.6 Å². The second-order valence-electron chi connectivity index (χ2n) is 5.82. The van der Waals surface area contributed by atoms with Crippen LogP contribution in [0, 0.1) is 13.8 Å². The van der Waals surface area contributed by atoms with E-state index in [9.17, 15) is 13.2 Å². The van der Waals surface area contributed by atoms with Crippen LogP contribution in [0.4, 0.5) is 0 Å². The standard InChI is InChI=1S/C18H22N2O3S2/c1-13-3-6-15(7-4-13)12-24-10-9-20-18(21)17-11-16(25(19,22)23)8-5-14(17)2/h3-8,11H,9-10,12H2,1-2H3,(H,20,21)(H2,19,22,23). The molecule has 0 radical (unpaired) electrons. The van der Waals surface area contributed by atoms with E-state index < -0.39 is 10.0 Å². The van der Waals surface area contributed by atoms with E-state index in [1.54, 1.807) is 24.8 Å². The zero-order chi connectivity index (χ0) is 18.4. The Balaban J connectivity index is 1.85. The molecule has 0 unspecified atom stereocenters. The normalized spacial score (nSPS) is 11.3. The van der Waals surface area contributed by atoms with Gasteiger partial charge in [0.05, 0.1) is 4.90 Å². The van der Waals surface area contributed by atoms with Crippen molar-refractivity contribution in [2.45, 2.75) is 24.5 Å². The minimum absolute atomic E-state index is 0.0583. The summed E-state index contributed by atoms with van der Waals surface area (Å²) in [6.07, 6.45) is 0. The average molecular weight is 379 g/mol. The summed E-state index contributed by atoms with van der Waals surface area (Å²) < 4.78 is 22.8. The molecule has 0 saturated carbocycles. The van der Waals surface area contributed by atoms with Gasteiger partial charge in [-0.15, -0.1) is 0 Å². The molecule has 1 amide bonds. The lowest BCUT2D eigenvalue weighted by Gasteiger charge is -2.09. The Morgan fingerprint density at radius 1 is 1.12 bits per heavy atom. The van der Waals surface area contributed by atoms with Crippen molar-refractivity contribution in [1.82, 2.24) is 5.32 Å². The molecule has 3 N–H and O–H groups in total. The fraction of sp³-hybridized carbons (Fsp3) is 0.278. The number of nitrogens with two attached hydrogens (primary N) is 1. The van der Waals surface area contributed by atoms with Crippen molar-refractivity contribution in [2.75, 3.05) is 12.3 Å². The molecule has 2 aromatic rings. The molecular formula is C18H22N2O3S2. The summed E-state index contributed by atoms with van der Waals surface area (Å²) in [5, 5.41) is 7.94. The zero-order valence-electron chi connectivity index (χ0n) is 14.3. The van der Waals surface area contributed by atoms with E-state index in [4.69, 9.17) is 5.14 Å². The lowest BCUT2D eigenvalue weighted by atomic mass is 10.1. The van der Waals surface area contributed by atoms with Crippen LogP contribution in [-0.4, -0.2) is 26.6 Å². The number of hydrogen-bond acceptors (Lipinski definition) is 4. The summed E-state index contributed by atoms with van der Waals surface area (Å²) >= 11 is 1.73. The molecule has 0 atom stereocenters. The topological polar surface area (TPSA) is 89.3 Å². The van der Waals surface area contributed by atoms with Gasteiger partial charge in [0.1, 0.15) is 0 Å². The maximum Gasteiger partial charge on any atom is 0.251 e. The van der Waals surface area contributed by atoms with Crippen LogP contribution >= 0.6 is 11.8 Å². The number of thioether (sulfide) groups is 1. The molecule has 2 aromatic carbocycles. The lowest BCUT2D eigenvalue weighted by molar-refractivity contribution is 0.0955. The summed E-state index contributed by atoms with van der Waals surface area (Å²) in [6.45, 7) is 4.32. The first kappa shape index (κ1) is 19.5. The van der Waals surface area contributed by atoms with E-state index in [1.165, 1.54) is 23.3 Å². The number of hydrogen-bond donors (Lipinski definition) is 2. The zero-order valence-corrected chi connectivity index (χ0v) is 15.9. The van der Waals surface area contributed by atoms with Gasteiger partial charge in [0, 0.05) is 23.6 Å². The number of nitrogens with one attached hydrogen (secondary N) is 1. The van der Waals surface area contributed by atoms with Crippen molar-refractivity contribution in [1.29, 1.82) is 0 Å². The second kappa shape index (κ2) is 8.51. The van der Waals surface area contributed by atoms with Crippen LogP contribution in [0.3, 0.4) is 0 Å². The van der Waals surface area contributed by atoms with E-state index in [2.05, 4.69) is 36.5 Å². The van der Waals surface area contributed by atoms with Gasteiger partial charge in [-0.2, -0.15) is 11.8 Å². The highest BCUT2D eigenvalue weighted by molar-refractivity contribution is 7.98. The van der Waals surface area contributed by atoms with Crippen LogP contribution in [0.15, 0.2) is 47.4 Å². The third-order valence-corrected chi connectivity index (χ3v) is 5.64. The van der Waals surface area contributed by atoms with Gasteiger partial charge in [0.25, 0.3) is 5.91 Å². The van der Waals surface area contributed by atoms with Gasteiger partial charge in [-0.1, -0.05) is 35.9 Å². The number of carbonyl (C=O) groups excluding carboxylic acids is 1. The van der Waals surface area contributed by atoms with Crippen LogP contribution < -0.4 is 10.5 Å². The minimum Gasteiger partial charge on any atom is -0.351 e. The minimum atomic E-state index is -3.82. The number of rotatable bonds is 7. The Labute approximate surface area is 153 Å². The molecule has 2 rings (SSSR count). The SMILES string of the molecule is Cc1ccc(CSCCNC(=O)c2cc(S(N)(=O)=O)ccc2C)cc1. The summed E-state index contributed by atoms with van der Waals surface area (Å²) in [5.41, 5.74) is 3.52. The molecule has 0 aromatic heterocycles. The predicted molar refractivity (Wildman–Crippen MR) is 102 cm³/mol. The summed E-state index contributed by atoms with van der Waals surface area (Å²) in [5.74, 6) is 1.36. The molecule has 0 aliphatic heterocycles. The van der Waals surface area contributed by atoms with E-state index in [-0.39, 0.29) is 10.8 Å². The molecule has 0 saturated heterocycles. The average Bonchev–Trinajstić information content (AvgIpc) is 2.55. The van der Waals surface area contributed by atoms with E-state index in [0.29, 0.717) is 17.7 Å². The van der Waals surface area contributed by atoms with Crippen molar-refractivity contribution in [3.8, 4) is 0 Å². The van der Waals surface area contributed by atoms with Crippen LogP contribution in [-0.2, 0) is 15.8 Å². The van der Waals surface area contributed by atoms with Crippen molar-refractivity contribution >= 4 is 27.7 Å². The van der Waals surface area contributed by atoms with E-state index in [0.717, 1.165) is 11.5 Å². The van der Waals surface area contributed by atoms with Crippen molar-refractivity contribution in [3.05, 3.63) is 64.7 Å². The van der Waals surface area contributed by atoms with Crippen molar-refractivity contribution in [2.24, 2.45) is 5.14 Å². The maximum atomic E-state index is 12.3. The number of primary sulfonamides is 1. The van der Waals surface area contributed by atoms with Gasteiger partial charge in [0.2, 0.25) is 10.0 Å². The molecule has 5 nitrogen and oxygen atoms in total. The Hall–Kier alpha value is -1.83.